The van der Waals surface area contributed by atoms with Crippen LogP contribution in [0.25, 0.3) is 11.0 Å². The van der Waals surface area contributed by atoms with E-state index in [-0.39, 0.29) is 0 Å². The number of allylic oxidation sites excluding steroid dienone is 1. The smallest absolute Gasteiger partial charge is 0.0890 e. The molecular weight excluding hydrogens is 179 g/mol. The molecule has 0 aliphatic rings. The number of nitrogens with zero attached hydrogens (tertiary/aromatic N) is 2. The summed E-state index contributed by atoms with van der Waals surface area (Å²) in [6, 6.07) is 7.62. The van der Waals surface area contributed by atoms with Crippen LogP contribution in [0, 0.1) is 0 Å². The van der Waals surface area contributed by atoms with Crippen LogP contribution in [-0.2, 0) is 6.42 Å². The predicted octanol–water partition coefficient (Wildman–Crippen LogP) is 2.66. The SMILES string of the molecule is FC=CCc1cnc2ccccc2n1. The first kappa shape index (κ1) is 8.81. The van der Waals surface area contributed by atoms with E-state index in [0.717, 1.165) is 16.7 Å². The second-order valence-electron chi connectivity index (χ2n) is 2.92. The van der Waals surface area contributed by atoms with Crippen molar-refractivity contribution in [3.8, 4) is 0 Å². The zero-order valence-corrected chi connectivity index (χ0v) is 7.52. The van der Waals surface area contributed by atoms with E-state index in [1.54, 1.807) is 6.20 Å². The normalized spacial score (nSPS) is 11.2. The van der Waals surface area contributed by atoms with Crippen molar-refractivity contribution in [2.75, 3.05) is 0 Å². The minimum atomic E-state index is 0.480. The maximum absolute atomic E-state index is 11.8. The number of hydrogen-bond acceptors (Lipinski definition) is 2. The van der Waals surface area contributed by atoms with Crippen LogP contribution in [0.1, 0.15) is 5.69 Å². The van der Waals surface area contributed by atoms with E-state index >= 15 is 0 Å². The number of aromatic nitrogens is 2. The predicted molar refractivity (Wildman–Crippen MR) is 53.5 cm³/mol. The molecule has 1 aromatic carbocycles. The topological polar surface area (TPSA) is 25.8 Å². The molecule has 0 radical (unpaired) electrons. The summed E-state index contributed by atoms with van der Waals surface area (Å²) < 4.78 is 11.8. The third-order valence-corrected chi connectivity index (χ3v) is 1.91. The highest BCUT2D eigenvalue weighted by Crippen LogP contribution is 2.08. The van der Waals surface area contributed by atoms with Gasteiger partial charge in [-0.05, 0) is 12.1 Å². The fraction of sp³-hybridized carbons (Fsp3) is 0.0909. The lowest BCUT2D eigenvalue weighted by atomic mass is 10.2. The summed E-state index contributed by atoms with van der Waals surface area (Å²) in [5, 5.41) is 0. The van der Waals surface area contributed by atoms with Gasteiger partial charge in [0.25, 0.3) is 0 Å². The van der Waals surface area contributed by atoms with Gasteiger partial charge in [-0.1, -0.05) is 18.2 Å². The van der Waals surface area contributed by atoms with Crippen LogP contribution in [0.2, 0.25) is 0 Å². The number of para-hydroxylation sites is 2. The molecule has 0 amide bonds. The van der Waals surface area contributed by atoms with Crippen LogP contribution in [0.3, 0.4) is 0 Å². The fourth-order valence-electron chi connectivity index (χ4n) is 1.26. The second-order valence-corrected chi connectivity index (χ2v) is 2.92. The molecule has 0 bridgehead atoms. The minimum absolute atomic E-state index is 0.480. The Kier molecular flexibility index (Phi) is 2.49. The van der Waals surface area contributed by atoms with E-state index in [2.05, 4.69) is 9.97 Å². The molecule has 0 unspecified atom stereocenters. The zero-order valence-electron chi connectivity index (χ0n) is 7.52. The summed E-state index contributed by atoms with van der Waals surface area (Å²) in [4.78, 5) is 8.55. The quantitative estimate of drug-likeness (QED) is 0.724. The Morgan fingerprint density at radius 3 is 2.79 bits per heavy atom. The van der Waals surface area contributed by atoms with Crippen molar-refractivity contribution in [2.24, 2.45) is 0 Å². The average molecular weight is 188 g/mol. The molecule has 2 nitrogen and oxygen atoms in total. The lowest BCUT2D eigenvalue weighted by molar-refractivity contribution is 0.716. The molecule has 2 aromatic rings. The third kappa shape index (κ3) is 1.76. The maximum atomic E-state index is 11.8. The Hall–Kier alpha value is -1.77. The number of halogens is 1. The van der Waals surface area contributed by atoms with Gasteiger partial charge < -0.3 is 0 Å². The van der Waals surface area contributed by atoms with Crippen molar-refractivity contribution in [3.05, 3.63) is 48.6 Å². The Balaban J connectivity index is 2.41. The Bertz CT molecular complexity index is 466. The standard InChI is InChI=1S/C11H9FN2/c12-7-3-4-9-8-13-10-5-1-2-6-11(10)14-9/h1-3,5-8H,4H2. The highest BCUT2D eigenvalue weighted by atomic mass is 19.1. The molecule has 0 atom stereocenters. The van der Waals surface area contributed by atoms with Crippen LogP contribution >= 0.6 is 0 Å². The molecule has 2 rings (SSSR count). The molecular formula is C11H9FN2. The number of fused-ring (bicyclic) bond motifs is 1. The van der Waals surface area contributed by atoms with Gasteiger partial charge in [0.1, 0.15) is 0 Å². The van der Waals surface area contributed by atoms with Gasteiger partial charge in [0.2, 0.25) is 0 Å². The molecule has 0 aliphatic heterocycles. The zero-order chi connectivity index (χ0) is 9.80. The molecule has 14 heavy (non-hydrogen) atoms. The summed E-state index contributed by atoms with van der Waals surface area (Å²) in [5.41, 5.74) is 2.48. The molecule has 1 aromatic heterocycles. The first-order valence-electron chi connectivity index (χ1n) is 4.36. The molecule has 1 heterocycles. The van der Waals surface area contributed by atoms with Crippen molar-refractivity contribution in [3.63, 3.8) is 0 Å². The third-order valence-electron chi connectivity index (χ3n) is 1.91. The van der Waals surface area contributed by atoms with Gasteiger partial charge in [-0.2, -0.15) is 0 Å². The monoisotopic (exact) mass is 188 g/mol. The van der Waals surface area contributed by atoms with Gasteiger partial charge in [-0.25, -0.2) is 9.37 Å². The van der Waals surface area contributed by atoms with Crippen LogP contribution in [0.5, 0.6) is 0 Å². The van der Waals surface area contributed by atoms with Gasteiger partial charge in [0.05, 0.1) is 23.1 Å². The fourth-order valence-corrected chi connectivity index (χ4v) is 1.26. The molecule has 0 spiro atoms. The summed E-state index contributed by atoms with van der Waals surface area (Å²) >= 11 is 0. The minimum Gasteiger partial charge on any atom is -0.253 e. The van der Waals surface area contributed by atoms with Crippen LogP contribution < -0.4 is 0 Å². The summed E-state index contributed by atoms with van der Waals surface area (Å²) in [6.45, 7) is 0. The van der Waals surface area contributed by atoms with Gasteiger partial charge in [0, 0.05) is 12.6 Å². The van der Waals surface area contributed by atoms with E-state index in [4.69, 9.17) is 0 Å². The van der Waals surface area contributed by atoms with Crippen molar-refractivity contribution < 1.29 is 4.39 Å². The van der Waals surface area contributed by atoms with E-state index in [9.17, 15) is 4.39 Å². The van der Waals surface area contributed by atoms with Crippen molar-refractivity contribution in [2.45, 2.75) is 6.42 Å². The van der Waals surface area contributed by atoms with E-state index < -0.39 is 0 Å². The van der Waals surface area contributed by atoms with Gasteiger partial charge in [-0.3, -0.25) is 4.98 Å². The Morgan fingerprint density at radius 1 is 1.21 bits per heavy atom. The Labute approximate surface area is 81.1 Å². The highest BCUT2D eigenvalue weighted by Gasteiger charge is 1.96. The number of rotatable bonds is 2. The number of benzene rings is 1. The summed E-state index contributed by atoms with van der Waals surface area (Å²) in [5.74, 6) is 0. The molecule has 0 N–H and O–H groups in total. The van der Waals surface area contributed by atoms with Gasteiger partial charge in [0.15, 0.2) is 0 Å². The van der Waals surface area contributed by atoms with Crippen molar-refractivity contribution >= 4 is 11.0 Å². The average Bonchev–Trinajstić information content (AvgIpc) is 2.26. The van der Waals surface area contributed by atoms with Gasteiger partial charge >= 0.3 is 0 Å². The van der Waals surface area contributed by atoms with Crippen LogP contribution in [0.15, 0.2) is 42.9 Å². The number of hydrogen-bond donors (Lipinski definition) is 0. The largest absolute Gasteiger partial charge is 0.253 e. The van der Waals surface area contributed by atoms with Crippen molar-refractivity contribution in [1.29, 1.82) is 0 Å². The highest BCUT2D eigenvalue weighted by molar-refractivity contribution is 5.73. The molecule has 3 heteroatoms. The van der Waals surface area contributed by atoms with Crippen LogP contribution in [-0.4, -0.2) is 9.97 Å². The summed E-state index contributed by atoms with van der Waals surface area (Å²) in [7, 11) is 0. The Morgan fingerprint density at radius 2 is 2.00 bits per heavy atom. The van der Waals surface area contributed by atoms with Crippen molar-refractivity contribution in [1.82, 2.24) is 9.97 Å². The molecule has 0 fully saturated rings. The van der Waals surface area contributed by atoms with E-state index in [1.165, 1.54) is 6.08 Å². The first-order chi connectivity index (χ1) is 6.90. The second kappa shape index (κ2) is 3.96. The van der Waals surface area contributed by atoms with E-state index in [0.29, 0.717) is 12.8 Å². The summed E-state index contributed by atoms with van der Waals surface area (Å²) in [6.07, 6.45) is 4.09. The molecule has 70 valence electrons. The van der Waals surface area contributed by atoms with Gasteiger partial charge in [-0.15, -0.1) is 0 Å². The molecule has 0 saturated carbocycles. The lowest BCUT2D eigenvalue weighted by Gasteiger charge is -1.98. The molecule has 0 aliphatic carbocycles. The maximum Gasteiger partial charge on any atom is 0.0890 e. The first-order valence-corrected chi connectivity index (χ1v) is 4.36. The molecule has 0 saturated heterocycles. The van der Waals surface area contributed by atoms with Crippen LogP contribution in [0.4, 0.5) is 4.39 Å². The van der Waals surface area contributed by atoms with E-state index in [1.807, 2.05) is 24.3 Å². The lowest BCUT2D eigenvalue weighted by Crippen LogP contribution is -1.90.